The zero-order valence-electron chi connectivity index (χ0n) is 18.3. The maximum atomic E-state index is 12.6. The Morgan fingerprint density at radius 1 is 1.35 bits per heavy atom. The van der Waals surface area contributed by atoms with E-state index >= 15 is 0 Å². The molecule has 0 saturated heterocycles. The van der Waals surface area contributed by atoms with Crippen molar-refractivity contribution in [2.45, 2.75) is 46.3 Å². The van der Waals surface area contributed by atoms with Crippen LogP contribution in [0.1, 0.15) is 40.0 Å². The molecular weight excluding hydrogens is 404 g/mol. The normalized spacial score (nSPS) is 18.6. The lowest BCUT2D eigenvalue weighted by Crippen LogP contribution is -2.37. The molecule has 172 valence electrons. The maximum absolute atomic E-state index is 12.6. The van der Waals surface area contributed by atoms with Gasteiger partial charge in [-0.2, -0.15) is 0 Å². The number of pyridine rings is 1. The molecule has 1 aromatic rings. The Morgan fingerprint density at radius 2 is 2.13 bits per heavy atom. The van der Waals surface area contributed by atoms with Gasteiger partial charge in [0.1, 0.15) is 12.0 Å². The third-order valence-corrected chi connectivity index (χ3v) is 4.93. The van der Waals surface area contributed by atoms with E-state index in [1.165, 1.54) is 18.3 Å². The van der Waals surface area contributed by atoms with Crippen molar-refractivity contribution >= 4 is 17.4 Å². The molecule has 0 bridgehead atoms. The lowest BCUT2D eigenvalue weighted by atomic mass is 9.77. The van der Waals surface area contributed by atoms with Crippen LogP contribution in [-0.4, -0.2) is 53.5 Å². The van der Waals surface area contributed by atoms with Crippen molar-refractivity contribution in [2.75, 3.05) is 31.6 Å². The number of hydrogen-bond donors (Lipinski definition) is 3. The Balaban J connectivity index is 1.85. The summed E-state index contributed by atoms with van der Waals surface area (Å²) in [6, 6.07) is 2.88. The minimum atomic E-state index is -0.511. The van der Waals surface area contributed by atoms with Crippen LogP contribution in [0.4, 0.5) is 11.5 Å². The average molecular weight is 437 g/mol. The zero-order chi connectivity index (χ0) is 22.9. The molecule has 0 saturated carbocycles. The Kier molecular flexibility index (Phi) is 9.20. The van der Waals surface area contributed by atoms with Crippen molar-refractivity contribution in [3.05, 3.63) is 40.3 Å². The third kappa shape index (κ3) is 8.14. The van der Waals surface area contributed by atoms with Gasteiger partial charge in [0.05, 0.1) is 11.5 Å². The van der Waals surface area contributed by atoms with Gasteiger partial charge in [0.15, 0.2) is 5.76 Å². The molecule has 10 heteroatoms. The number of nitrogens with one attached hydrogen (secondary N) is 2. The van der Waals surface area contributed by atoms with Gasteiger partial charge in [0, 0.05) is 32.2 Å². The van der Waals surface area contributed by atoms with Crippen molar-refractivity contribution < 1.29 is 24.3 Å². The summed E-state index contributed by atoms with van der Waals surface area (Å²) in [5.41, 5.74) is -0.132. The van der Waals surface area contributed by atoms with E-state index in [9.17, 15) is 14.9 Å². The molecule has 31 heavy (non-hydrogen) atoms. The molecule has 3 N–H and O–H groups in total. The summed E-state index contributed by atoms with van der Waals surface area (Å²) in [5.74, 6) is 0.521. The number of carbonyl (C=O) groups is 1. The molecule has 2 atom stereocenters. The van der Waals surface area contributed by atoms with Gasteiger partial charge in [0.25, 0.3) is 11.6 Å². The van der Waals surface area contributed by atoms with Gasteiger partial charge in [-0.1, -0.05) is 20.8 Å². The minimum Gasteiger partial charge on any atom is -0.459 e. The number of aliphatic hydroxyl groups excluding tert-OH is 1. The quantitative estimate of drug-likeness (QED) is 0.274. The number of carbonyl (C=O) groups excluding carboxylic acids is 1. The molecule has 2 heterocycles. The smallest absolute Gasteiger partial charge is 0.287 e. The molecule has 0 radical (unpaired) electrons. The SMILES string of the molecule is CC(C)(C)[C@H]1C=C(C(=O)NCCNc2ccc([N+](=O)[O-])cn2)O[C@@H](OCCCCO)C1. The second-order valence-corrected chi connectivity index (χ2v) is 8.43. The molecule has 0 aromatic carbocycles. The molecule has 1 aliphatic heterocycles. The van der Waals surface area contributed by atoms with E-state index in [4.69, 9.17) is 14.6 Å². The van der Waals surface area contributed by atoms with Crippen LogP contribution in [0.2, 0.25) is 0 Å². The summed E-state index contributed by atoms with van der Waals surface area (Å²) in [5, 5.41) is 25.3. The first-order chi connectivity index (χ1) is 14.7. The first-order valence-corrected chi connectivity index (χ1v) is 10.4. The number of anilines is 1. The van der Waals surface area contributed by atoms with Crippen molar-refractivity contribution in [2.24, 2.45) is 11.3 Å². The van der Waals surface area contributed by atoms with Gasteiger partial charge in [-0.05, 0) is 36.3 Å². The number of unbranched alkanes of at least 4 members (excludes halogenated alkanes) is 1. The van der Waals surface area contributed by atoms with Crippen LogP contribution in [0.5, 0.6) is 0 Å². The summed E-state index contributed by atoms with van der Waals surface area (Å²) in [4.78, 5) is 26.7. The second-order valence-electron chi connectivity index (χ2n) is 8.43. The number of rotatable bonds is 11. The van der Waals surface area contributed by atoms with Crippen molar-refractivity contribution in [1.29, 1.82) is 0 Å². The lowest BCUT2D eigenvalue weighted by molar-refractivity contribution is -0.385. The summed E-state index contributed by atoms with van der Waals surface area (Å²) in [6.07, 6.45) is 4.58. The van der Waals surface area contributed by atoms with Crippen LogP contribution in [-0.2, 0) is 14.3 Å². The molecule has 1 amide bonds. The van der Waals surface area contributed by atoms with E-state index in [2.05, 4.69) is 36.4 Å². The van der Waals surface area contributed by atoms with Crippen LogP contribution in [0.25, 0.3) is 0 Å². The van der Waals surface area contributed by atoms with Gasteiger partial charge in [-0.15, -0.1) is 0 Å². The number of allylic oxidation sites excluding steroid dienone is 1. The predicted octanol–water partition coefficient (Wildman–Crippen LogP) is 2.60. The highest BCUT2D eigenvalue weighted by Gasteiger charge is 2.33. The standard InChI is InChI=1S/C21H32N4O6/c1-21(2,3)15-12-17(31-19(13-15)30-11-5-4-10-26)20(27)23-9-8-22-18-7-6-16(14-24-18)25(28)29/h6-7,12,14-15,19,26H,4-5,8-11,13H2,1-3H3,(H,22,24)(H,23,27)/t15-,19+/m0/s1. The number of aromatic nitrogens is 1. The molecule has 10 nitrogen and oxygen atoms in total. The molecule has 2 rings (SSSR count). The fraction of sp³-hybridized carbons (Fsp3) is 0.619. The van der Waals surface area contributed by atoms with Crippen LogP contribution in [0, 0.1) is 21.4 Å². The van der Waals surface area contributed by atoms with E-state index in [1.807, 2.05) is 6.08 Å². The van der Waals surface area contributed by atoms with Gasteiger partial charge in [-0.25, -0.2) is 4.98 Å². The second kappa shape index (κ2) is 11.6. The van der Waals surface area contributed by atoms with Gasteiger partial charge < -0.3 is 25.2 Å². The van der Waals surface area contributed by atoms with Gasteiger partial charge in [0.2, 0.25) is 6.29 Å². The first-order valence-electron chi connectivity index (χ1n) is 10.4. The van der Waals surface area contributed by atoms with Crippen LogP contribution in [0.15, 0.2) is 30.2 Å². The molecule has 0 fully saturated rings. The topological polar surface area (TPSA) is 136 Å². The largest absolute Gasteiger partial charge is 0.459 e. The summed E-state index contributed by atoms with van der Waals surface area (Å²) in [7, 11) is 0. The highest BCUT2D eigenvalue weighted by Crippen LogP contribution is 2.36. The maximum Gasteiger partial charge on any atom is 0.287 e. The Hall–Kier alpha value is -2.72. The monoisotopic (exact) mass is 436 g/mol. The summed E-state index contributed by atoms with van der Waals surface area (Å²) < 4.78 is 11.6. The fourth-order valence-electron chi connectivity index (χ4n) is 3.00. The molecular formula is C21H32N4O6. The summed E-state index contributed by atoms with van der Waals surface area (Å²) >= 11 is 0. The van der Waals surface area contributed by atoms with Crippen LogP contribution in [0.3, 0.4) is 0 Å². The van der Waals surface area contributed by atoms with E-state index in [-0.39, 0.29) is 35.3 Å². The van der Waals surface area contributed by atoms with E-state index < -0.39 is 11.2 Å². The van der Waals surface area contributed by atoms with Crippen molar-refractivity contribution in [3.63, 3.8) is 0 Å². The zero-order valence-corrected chi connectivity index (χ0v) is 18.3. The van der Waals surface area contributed by atoms with E-state index in [0.29, 0.717) is 38.4 Å². The predicted molar refractivity (Wildman–Crippen MR) is 115 cm³/mol. The van der Waals surface area contributed by atoms with Crippen molar-refractivity contribution in [3.8, 4) is 0 Å². The molecule has 0 spiro atoms. The van der Waals surface area contributed by atoms with Gasteiger partial charge >= 0.3 is 0 Å². The highest BCUT2D eigenvalue weighted by atomic mass is 16.7. The van der Waals surface area contributed by atoms with E-state index in [1.54, 1.807) is 0 Å². The lowest BCUT2D eigenvalue weighted by Gasteiger charge is -2.35. The summed E-state index contributed by atoms with van der Waals surface area (Å²) in [6.45, 7) is 7.63. The van der Waals surface area contributed by atoms with Crippen molar-refractivity contribution in [1.82, 2.24) is 10.3 Å². The number of amides is 1. The number of nitro groups is 1. The number of hydrogen-bond acceptors (Lipinski definition) is 8. The Morgan fingerprint density at radius 3 is 2.74 bits per heavy atom. The molecule has 1 aromatic heterocycles. The molecule has 0 unspecified atom stereocenters. The van der Waals surface area contributed by atoms with Gasteiger partial charge in [-0.3, -0.25) is 14.9 Å². The number of ether oxygens (including phenoxy) is 2. The third-order valence-electron chi connectivity index (χ3n) is 4.93. The Labute approximate surface area is 182 Å². The highest BCUT2D eigenvalue weighted by molar-refractivity contribution is 5.91. The van der Waals surface area contributed by atoms with E-state index in [0.717, 1.165) is 6.42 Å². The minimum absolute atomic E-state index is 0.0504. The van der Waals surface area contributed by atoms with Crippen LogP contribution < -0.4 is 10.6 Å². The first kappa shape index (κ1) is 24.5. The Bertz CT molecular complexity index is 760. The number of nitrogens with zero attached hydrogens (tertiary/aromatic N) is 2. The number of aliphatic hydroxyl groups is 1. The molecule has 1 aliphatic rings. The molecule has 0 aliphatic carbocycles. The average Bonchev–Trinajstić information content (AvgIpc) is 2.73. The van der Waals surface area contributed by atoms with Crippen LogP contribution >= 0.6 is 0 Å². The fourth-order valence-corrected chi connectivity index (χ4v) is 3.00.